The molecule has 0 amide bonds. The third-order valence-electron chi connectivity index (χ3n) is 4.82. The van der Waals surface area contributed by atoms with Crippen molar-refractivity contribution in [3.05, 3.63) is 28.2 Å². The molecular formula is C16H21BrO2. The summed E-state index contributed by atoms with van der Waals surface area (Å²) in [5.74, 6) is 1.72. The van der Waals surface area contributed by atoms with E-state index in [1.807, 2.05) is 18.2 Å². The Hall–Kier alpha value is -0.540. The summed E-state index contributed by atoms with van der Waals surface area (Å²) in [7, 11) is 0. The molecule has 3 rings (SSSR count). The van der Waals surface area contributed by atoms with E-state index in [2.05, 4.69) is 22.9 Å². The van der Waals surface area contributed by atoms with Crippen LogP contribution in [-0.2, 0) is 0 Å². The van der Waals surface area contributed by atoms with Gasteiger partial charge in [-0.2, -0.15) is 0 Å². The Bertz CT molecular complexity index is 464. The van der Waals surface area contributed by atoms with Crippen molar-refractivity contribution in [3.8, 4) is 5.75 Å². The van der Waals surface area contributed by atoms with Crippen LogP contribution < -0.4 is 4.74 Å². The minimum atomic E-state index is -0.389. The fourth-order valence-electron chi connectivity index (χ4n) is 3.53. The highest BCUT2D eigenvalue weighted by Crippen LogP contribution is 2.47. The Morgan fingerprint density at radius 1 is 1.37 bits per heavy atom. The van der Waals surface area contributed by atoms with Gasteiger partial charge in [-0.1, -0.05) is 29.3 Å². The van der Waals surface area contributed by atoms with E-state index in [0.29, 0.717) is 0 Å². The van der Waals surface area contributed by atoms with Crippen LogP contribution in [0.2, 0.25) is 0 Å². The van der Waals surface area contributed by atoms with Crippen molar-refractivity contribution in [3.63, 3.8) is 0 Å². The standard InChI is InChI=1S/C16H21BrO2/c1-2-11-5-7-16(8-6-11)10-14(18)13-9-12(17)3-4-15(13)19-16/h3-4,9,11,14,18H,2,5-8,10H2,1H3/t11?,14-,16?/m1/s1. The van der Waals surface area contributed by atoms with Gasteiger partial charge < -0.3 is 9.84 Å². The average Bonchev–Trinajstić information content (AvgIpc) is 2.41. The zero-order chi connectivity index (χ0) is 13.5. The van der Waals surface area contributed by atoms with Crippen LogP contribution in [0.1, 0.15) is 57.1 Å². The number of hydrogen-bond donors (Lipinski definition) is 1. The lowest BCUT2D eigenvalue weighted by Crippen LogP contribution is -2.44. The first-order valence-corrected chi connectivity index (χ1v) is 8.08. The van der Waals surface area contributed by atoms with E-state index in [-0.39, 0.29) is 11.7 Å². The van der Waals surface area contributed by atoms with Gasteiger partial charge in [0.25, 0.3) is 0 Å². The van der Waals surface area contributed by atoms with E-state index in [0.717, 1.165) is 41.0 Å². The molecule has 0 unspecified atom stereocenters. The molecule has 0 bridgehead atoms. The second-order valence-corrected chi connectivity index (χ2v) is 6.95. The Balaban J connectivity index is 1.83. The second-order valence-electron chi connectivity index (χ2n) is 6.04. The molecule has 0 radical (unpaired) electrons. The molecule has 1 aromatic rings. The largest absolute Gasteiger partial charge is 0.487 e. The molecule has 1 aliphatic carbocycles. The Morgan fingerprint density at radius 3 is 2.79 bits per heavy atom. The minimum Gasteiger partial charge on any atom is -0.487 e. The Morgan fingerprint density at radius 2 is 2.11 bits per heavy atom. The molecule has 0 saturated heterocycles. The topological polar surface area (TPSA) is 29.5 Å². The maximum Gasteiger partial charge on any atom is 0.126 e. The number of rotatable bonds is 1. The van der Waals surface area contributed by atoms with Gasteiger partial charge in [0.05, 0.1) is 6.10 Å². The third kappa shape index (κ3) is 2.55. The van der Waals surface area contributed by atoms with Crippen molar-refractivity contribution in [2.24, 2.45) is 5.92 Å². The summed E-state index contributed by atoms with van der Waals surface area (Å²) in [6.07, 6.45) is 6.24. The number of hydrogen-bond acceptors (Lipinski definition) is 2. The van der Waals surface area contributed by atoms with Crippen LogP contribution in [-0.4, -0.2) is 10.7 Å². The molecule has 1 aromatic carbocycles. The lowest BCUT2D eigenvalue weighted by atomic mass is 9.73. The summed E-state index contributed by atoms with van der Waals surface area (Å²) < 4.78 is 7.30. The molecule has 0 aromatic heterocycles. The van der Waals surface area contributed by atoms with Crippen molar-refractivity contribution in [1.82, 2.24) is 0 Å². The molecule has 19 heavy (non-hydrogen) atoms. The lowest BCUT2D eigenvalue weighted by molar-refractivity contribution is -0.0470. The van der Waals surface area contributed by atoms with Crippen molar-refractivity contribution in [2.75, 3.05) is 0 Å². The van der Waals surface area contributed by atoms with Gasteiger partial charge in [0.1, 0.15) is 11.4 Å². The molecule has 1 atom stereocenters. The first-order valence-electron chi connectivity index (χ1n) is 7.28. The number of ether oxygens (including phenoxy) is 1. The van der Waals surface area contributed by atoms with E-state index < -0.39 is 0 Å². The fraction of sp³-hybridized carbons (Fsp3) is 0.625. The quantitative estimate of drug-likeness (QED) is 0.817. The fourth-order valence-corrected chi connectivity index (χ4v) is 3.91. The SMILES string of the molecule is CCC1CCC2(CC1)C[C@@H](O)c1cc(Br)ccc1O2. The van der Waals surface area contributed by atoms with Gasteiger partial charge in [-0.3, -0.25) is 0 Å². The van der Waals surface area contributed by atoms with Gasteiger partial charge in [-0.15, -0.1) is 0 Å². The molecule has 3 heteroatoms. The van der Waals surface area contributed by atoms with Crippen molar-refractivity contribution in [1.29, 1.82) is 0 Å². The molecule has 1 fully saturated rings. The number of aliphatic hydroxyl groups excluding tert-OH is 1. The molecule has 104 valence electrons. The van der Waals surface area contributed by atoms with Crippen molar-refractivity contribution < 1.29 is 9.84 Å². The van der Waals surface area contributed by atoms with Gasteiger partial charge in [0, 0.05) is 16.5 Å². The van der Waals surface area contributed by atoms with Gasteiger partial charge in [0.2, 0.25) is 0 Å². The average molecular weight is 325 g/mol. The molecular weight excluding hydrogens is 304 g/mol. The molecule has 1 saturated carbocycles. The van der Waals surface area contributed by atoms with Crippen LogP contribution in [0.15, 0.2) is 22.7 Å². The summed E-state index contributed by atoms with van der Waals surface area (Å²) in [6.45, 7) is 2.27. The molecule has 2 aliphatic rings. The minimum absolute atomic E-state index is 0.119. The van der Waals surface area contributed by atoms with Gasteiger partial charge in [0.15, 0.2) is 0 Å². The summed E-state index contributed by atoms with van der Waals surface area (Å²) >= 11 is 3.46. The normalized spacial score (nSPS) is 33.8. The van der Waals surface area contributed by atoms with Crippen LogP contribution in [0.3, 0.4) is 0 Å². The lowest BCUT2D eigenvalue weighted by Gasteiger charge is -2.45. The van der Waals surface area contributed by atoms with Crippen LogP contribution in [0.25, 0.3) is 0 Å². The monoisotopic (exact) mass is 324 g/mol. The van der Waals surface area contributed by atoms with Crippen LogP contribution >= 0.6 is 15.9 Å². The summed E-state index contributed by atoms with van der Waals surface area (Å²) in [6, 6.07) is 5.95. The molecule has 1 spiro atoms. The van der Waals surface area contributed by atoms with E-state index in [9.17, 15) is 5.11 Å². The van der Waals surface area contributed by atoms with Gasteiger partial charge in [-0.25, -0.2) is 0 Å². The van der Waals surface area contributed by atoms with E-state index >= 15 is 0 Å². The number of halogens is 1. The summed E-state index contributed by atoms with van der Waals surface area (Å²) in [4.78, 5) is 0. The zero-order valence-electron chi connectivity index (χ0n) is 11.4. The first-order chi connectivity index (χ1) is 9.12. The van der Waals surface area contributed by atoms with Crippen LogP contribution in [0.4, 0.5) is 0 Å². The van der Waals surface area contributed by atoms with Gasteiger partial charge in [-0.05, 0) is 49.8 Å². The van der Waals surface area contributed by atoms with Crippen LogP contribution in [0.5, 0.6) is 5.75 Å². The molecule has 1 heterocycles. The van der Waals surface area contributed by atoms with Gasteiger partial charge >= 0.3 is 0 Å². The molecule has 1 N–H and O–H groups in total. The van der Waals surface area contributed by atoms with Crippen molar-refractivity contribution >= 4 is 15.9 Å². The highest BCUT2D eigenvalue weighted by atomic mass is 79.9. The second kappa shape index (κ2) is 5.10. The van der Waals surface area contributed by atoms with Crippen molar-refractivity contribution in [2.45, 2.75) is 57.2 Å². The van der Waals surface area contributed by atoms with E-state index in [1.54, 1.807) is 0 Å². The number of fused-ring (bicyclic) bond motifs is 1. The maximum atomic E-state index is 10.4. The third-order valence-corrected chi connectivity index (χ3v) is 5.31. The summed E-state index contributed by atoms with van der Waals surface area (Å²) in [5, 5.41) is 10.4. The van der Waals surface area contributed by atoms with Crippen LogP contribution in [0, 0.1) is 5.92 Å². The molecule has 1 aliphatic heterocycles. The van der Waals surface area contributed by atoms with E-state index in [4.69, 9.17) is 4.74 Å². The smallest absolute Gasteiger partial charge is 0.126 e. The number of benzene rings is 1. The predicted molar refractivity (Wildman–Crippen MR) is 79.3 cm³/mol. The predicted octanol–water partition coefficient (Wildman–Crippen LogP) is 4.60. The maximum absolute atomic E-state index is 10.4. The highest BCUT2D eigenvalue weighted by molar-refractivity contribution is 9.10. The van der Waals surface area contributed by atoms with E-state index in [1.165, 1.54) is 19.3 Å². The molecule has 2 nitrogen and oxygen atoms in total. The summed E-state index contributed by atoms with van der Waals surface area (Å²) in [5.41, 5.74) is 0.809. The zero-order valence-corrected chi connectivity index (χ0v) is 12.9. The Labute approximate surface area is 123 Å². The highest BCUT2D eigenvalue weighted by Gasteiger charge is 2.42. The number of aliphatic hydroxyl groups is 1. The first kappa shape index (κ1) is 13.4. The Kier molecular flexibility index (Phi) is 3.61.